The van der Waals surface area contributed by atoms with E-state index in [4.69, 9.17) is 10.5 Å². The SMILES string of the molecule is COc1ccc(NC(=O)CN2CCCCC2C(C)N)cc1.Cl. The largest absolute Gasteiger partial charge is 0.497 e. The number of halogens is 1. The van der Waals surface area contributed by atoms with Crippen LogP contribution in [0, 0.1) is 0 Å². The van der Waals surface area contributed by atoms with Crippen LogP contribution in [0.25, 0.3) is 0 Å². The minimum Gasteiger partial charge on any atom is -0.497 e. The highest BCUT2D eigenvalue weighted by Gasteiger charge is 2.26. The molecule has 1 aliphatic heterocycles. The van der Waals surface area contributed by atoms with Gasteiger partial charge < -0.3 is 15.8 Å². The second-order valence-corrected chi connectivity index (χ2v) is 5.67. The number of nitrogens with two attached hydrogens (primary N) is 1. The Bertz CT molecular complexity index is 465. The van der Waals surface area contributed by atoms with Crippen molar-refractivity contribution in [2.75, 3.05) is 25.5 Å². The van der Waals surface area contributed by atoms with Gasteiger partial charge in [-0.05, 0) is 50.6 Å². The van der Waals surface area contributed by atoms with Crippen molar-refractivity contribution >= 4 is 24.0 Å². The number of hydrogen-bond acceptors (Lipinski definition) is 4. The van der Waals surface area contributed by atoms with Gasteiger partial charge >= 0.3 is 0 Å². The number of hydrogen-bond donors (Lipinski definition) is 2. The van der Waals surface area contributed by atoms with Crippen molar-refractivity contribution in [2.45, 2.75) is 38.3 Å². The number of nitrogens with zero attached hydrogens (tertiary/aromatic N) is 1. The molecule has 0 saturated carbocycles. The quantitative estimate of drug-likeness (QED) is 0.870. The van der Waals surface area contributed by atoms with E-state index in [0.717, 1.165) is 30.8 Å². The van der Waals surface area contributed by atoms with Gasteiger partial charge in [0.1, 0.15) is 5.75 Å². The molecule has 2 rings (SSSR count). The summed E-state index contributed by atoms with van der Waals surface area (Å²) >= 11 is 0. The summed E-state index contributed by atoms with van der Waals surface area (Å²) in [6.45, 7) is 3.37. The molecule has 1 fully saturated rings. The monoisotopic (exact) mass is 327 g/mol. The Morgan fingerprint density at radius 3 is 2.68 bits per heavy atom. The third kappa shape index (κ3) is 5.16. The fourth-order valence-corrected chi connectivity index (χ4v) is 2.87. The van der Waals surface area contributed by atoms with E-state index >= 15 is 0 Å². The third-order valence-corrected chi connectivity index (χ3v) is 3.99. The first kappa shape index (κ1) is 18.7. The molecule has 3 N–H and O–H groups in total. The molecule has 6 heteroatoms. The molecule has 2 atom stereocenters. The van der Waals surface area contributed by atoms with Crippen molar-refractivity contribution in [3.8, 4) is 5.75 Å². The molecule has 5 nitrogen and oxygen atoms in total. The molecule has 1 aromatic carbocycles. The van der Waals surface area contributed by atoms with Crippen molar-refractivity contribution in [3.05, 3.63) is 24.3 Å². The van der Waals surface area contributed by atoms with Crippen LogP contribution in [0.15, 0.2) is 24.3 Å². The Labute approximate surface area is 138 Å². The normalized spacial score (nSPS) is 19.9. The molecule has 0 aliphatic carbocycles. The van der Waals surface area contributed by atoms with Crippen LogP contribution in [-0.4, -0.2) is 43.1 Å². The first-order valence-corrected chi connectivity index (χ1v) is 7.53. The Morgan fingerprint density at radius 2 is 2.09 bits per heavy atom. The van der Waals surface area contributed by atoms with E-state index in [9.17, 15) is 4.79 Å². The number of likely N-dealkylation sites (tertiary alicyclic amines) is 1. The summed E-state index contributed by atoms with van der Waals surface area (Å²) in [6, 6.07) is 7.76. The topological polar surface area (TPSA) is 67.6 Å². The summed E-state index contributed by atoms with van der Waals surface area (Å²) in [4.78, 5) is 14.4. The number of nitrogens with one attached hydrogen (secondary N) is 1. The smallest absolute Gasteiger partial charge is 0.238 e. The van der Waals surface area contributed by atoms with Crippen LogP contribution in [0.2, 0.25) is 0 Å². The van der Waals surface area contributed by atoms with Crippen molar-refractivity contribution in [1.82, 2.24) is 4.90 Å². The molecular weight excluding hydrogens is 302 g/mol. The van der Waals surface area contributed by atoms with Crippen LogP contribution in [-0.2, 0) is 4.79 Å². The maximum Gasteiger partial charge on any atom is 0.238 e. The summed E-state index contributed by atoms with van der Waals surface area (Å²) in [5.74, 6) is 0.786. The van der Waals surface area contributed by atoms with Gasteiger partial charge in [-0.3, -0.25) is 9.69 Å². The fraction of sp³-hybridized carbons (Fsp3) is 0.562. The first-order chi connectivity index (χ1) is 10.1. The lowest BCUT2D eigenvalue weighted by Gasteiger charge is -2.37. The van der Waals surface area contributed by atoms with E-state index in [2.05, 4.69) is 10.2 Å². The van der Waals surface area contributed by atoms with Gasteiger partial charge in [-0.1, -0.05) is 6.42 Å². The molecule has 124 valence electrons. The number of amides is 1. The maximum absolute atomic E-state index is 12.2. The predicted octanol–water partition coefficient (Wildman–Crippen LogP) is 2.26. The van der Waals surface area contributed by atoms with Crippen LogP contribution in [0.5, 0.6) is 5.75 Å². The Balaban J connectivity index is 0.00000242. The Morgan fingerprint density at radius 1 is 1.41 bits per heavy atom. The lowest BCUT2D eigenvalue weighted by molar-refractivity contribution is -0.118. The third-order valence-electron chi connectivity index (χ3n) is 3.99. The van der Waals surface area contributed by atoms with Gasteiger partial charge in [0.2, 0.25) is 5.91 Å². The first-order valence-electron chi connectivity index (χ1n) is 7.53. The molecule has 1 aliphatic rings. The molecule has 1 amide bonds. The predicted molar refractivity (Wildman–Crippen MR) is 91.7 cm³/mol. The maximum atomic E-state index is 12.2. The number of carbonyl (C=O) groups excluding carboxylic acids is 1. The molecule has 1 saturated heterocycles. The number of methoxy groups -OCH3 is 1. The lowest BCUT2D eigenvalue weighted by Crippen LogP contribution is -2.51. The summed E-state index contributed by atoms with van der Waals surface area (Å²) in [5.41, 5.74) is 6.82. The van der Waals surface area contributed by atoms with E-state index in [1.807, 2.05) is 31.2 Å². The molecule has 0 spiro atoms. The van der Waals surface area contributed by atoms with Crippen molar-refractivity contribution in [3.63, 3.8) is 0 Å². The van der Waals surface area contributed by atoms with Gasteiger partial charge in [0.25, 0.3) is 0 Å². The Hall–Kier alpha value is -1.30. The van der Waals surface area contributed by atoms with Crippen LogP contribution in [0.1, 0.15) is 26.2 Å². The second kappa shape index (κ2) is 8.98. The van der Waals surface area contributed by atoms with E-state index in [-0.39, 0.29) is 24.4 Å². The van der Waals surface area contributed by atoms with Gasteiger partial charge in [0, 0.05) is 17.8 Å². The molecule has 22 heavy (non-hydrogen) atoms. The van der Waals surface area contributed by atoms with Crippen LogP contribution in [0.3, 0.4) is 0 Å². The van der Waals surface area contributed by atoms with Gasteiger partial charge in [0.05, 0.1) is 13.7 Å². The summed E-state index contributed by atoms with van der Waals surface area (Å²) in [5, 5.41) is 2.92. The van der Waals surface area contributed by atoms with E-state index < -0.39 is 0 Å². The standard InChI is InChI=1S/C16H25N3O2.ClH/c1-12(17)15-5-3-4-10-19(15)11-16(20)18-13-6-8-14(21-2)9-7-13;/h6-9,12,15H,3-5,10-11,17H2,1-2H3,(H,18,20);1H. The Kier molecular flexibility index (Phi) is 7.65. The summed E-state index contributed by atoms with van der Waals surface area (Å²) in [7, 11) is 1.62. The molecule has 2 unspecified atom stereocenters. The van der Waals surface area contributed by atoms with Crippen molar-refractivity contribution in [2.24, 2.45) is 5.73 Å². The number of benzene rings is 1. The molecule has 1 heterocycles. The minimum atomic E-state index is 0. The number of anilines is 1. The number of carbonyl (C=O) groups is 1. The van der Waals surface area contributed by atoms with Crippen LogP contribution >= 0.6 is 12.4 Å². The zero-order valence-electron chi connectivity index (χ0n) is 13.2. The van der Waals surface area contributed by atoms with E-state index in [1.54, 1.807) is 7.11 Å². The fourth-order valence-electron chi connectivity index (χ4n) is 2.87. The van der Waals surface area contributed by atoms with Gasteiger partial charge in [0.15, 0.2) is 0 Å². The van der Waals surface area contributed by atoms with Crippen molar-refractivity contribution < 1.29 is 9.53 Å². The molecule has 0 bridgehead atoms. The van der Waals surface area contributed by atoms with Gasteiger partial charge in [-0.2, -0.15) is 0 Å². The van der Waals surface area contributed by atoms with E-state index in [1.165, 1.54) is 6.42 Å². The number of piperidine rings is 1. The van der Waals surface area contributed by atoms with Gasteiger partial charge in [-0.15, -0.1) is 12.4 Å². The average Bonchev–Trinajstić information content (AvgIpc) is 2.48. The number of rotatable bonds is 5. The zero-order chi connectivity index (χ0) is 15.2. The van der Waals surface area contributed by atoms with Crippen LogP contribution in [0.4, 0.5) is 5.69 Å². The van der Waals surface area contributed by atoms with Crippen LogP contribution < -0.4 is 15.8 Å². The zero-order valence-corrected chi connectivity index (χ0v) is 14.1. The van der Waals surface area contributed by atoms with Gasteiger partial charge in [-0.25, -0.2) is 0 Å². The average molecular weight is 328 g/mol. The molecular formula is C16H26ClN3O2. The second-order valence-electron chi connectivity index (χ2n) is 5.67. The summed E-state index contributed by atoms with van der Waals surface area (Å²) in [6.07, 6.45) is 3.41. The lowest BCUT2D eigenvalue weighted by atomic mass is 9.97. The molecule has 0 aromatic heterocycles. The summed E-state index contributed by atoms with van der Waals surface area (Å²) < 4.78 is 5.10. The highest BCUT2D eigenvalue weighted by atomic mass is 35.5. The highest BCUT2D eigenvalue weighted by Crippen LogP contribution is 2.19. The van der Waals surface area contributed by atoms with E-state index in [0.29, 0.717) is 12.6 Å². The molecule has 1 aromatic rings. The number of ether oxygens (including phenoxy) is 1. The van der Waals surface area contributed by atoms with Crippen molar-refractivity contribution in [1.29, 1.82) is 0 Å². The minimum absolute atomic E-state index is 0. The molecule has 0 radical (unpaired) electrons. The highest BCUT2D eigenvalue weighted by molar-refractivity contribution is 5.92.